The van der Waals surface area contributed by atoms with Gasteiger partial charge in [0.1, 0.15) is 0 Å². The first kappa shape index (κ1) is 9.24. The van der Waals surface area contributed by atoms with Crippen LogP contribution in [0.5, 0.6) is 0 Å². The summed E-state index contributed by atoms with van der Waals surface area (Å²) in [7, 11) is 0. The van der Waals surface area contributed by atoms with Gasteiger partial charge in [-0.3, -0.25) is 4.79 Å². The van der Waals surface area contributed by atoms with E-state index in [1.54, 1.807) is 18.3 Å². The van der Waals surface area contributed by atoms with Gasteiger partial charge in [0, 0.05) is 17.1 Å². The molecular weight excluding hydrogens is 200 g/mol. The highest BCUT2D eigenvalue weighted by molar-refractivity contribution is 6.36. The molecule has 72 valence electrons. The zero-order chi connectivity index (χ0) is 10.1. The number of H-pyrrole nitrogens is 1. The molecule has 0 spiro atoms. The zero-order valence-electron chi connectivity index (χ0n) is 7.38. The third-order valence-corrected chi connectivity index (χ3v) is 2.46. The number of aromatic nitrogens is 1. The molecule has 2 aromatic rings. The fraction of sp³-hybridized carbons (Fsp3) is 0.100. The molecule has 1 heterocycles. The van der Waals surface area contributed by atoms with Crippen molar-refractivity contribution < 1.29 is 4.79 Å². The summed E-state index contributed by atoms with van der Waals surface area (Å²) in [6.07, 6.45) is 1.67. The van der Waals surface area contributed by atoms with Crippen LogP contribution < -0.4 is 5.73 Å². The Morgan fingerprint density at radius 2 is 2.29 bits per heavy atom. The molecule has 0 aliphatic rings. The predicted octanol–water partition coefficient (Wildman–Crippen LogP) is 1.96. The minimum Gasteiger partial charge on any atom is -0.359 e. The summed E-state index contributed by atoms with van der Waals surface area (Å²) < 4.78 is 0. The van der Waals surface area contributed by atoms with Crippen LogP contribution in [0.3, 0.4) is 0 Å². The molecule has 0 amide bonds. The van der Waals surface area contributed by atoms with E-state index in [2.05, 4.69) is 4.98 Å². The van der Waals surface area contributed by atoms with Gasteiger partial charge < -0.3 is 10.7 Å². The van der Waals surface area contributed by atoms with E-state index in [0.717, 1.165) is 10.9 Å². The van der Waals surface area contributed by atoms with Crippen LogP contribution in [-0.4, -0.2) is 17.3 Å². The molecule has 1 aromatic heterocycles. The number of hydrogen-bond donors (Lipinski definition) is 2. The summed E-state index contributed by atoms with van der Waals surface area (Å²) in [6, 6.07) is 5.40. The van der Waals surface area contributed by atoms with E-state index < -0.39 is 0 Å². The number of nitrogens with one attached hydrogen (secondary N) is 1. The molecular formula is C10H9ClN2O. The van der Waals surface area contributed by atoms with Gasteiger partial charge in [-0.1, -0.05) is 23.7 Å². The second kappa shape index (κ2) is 3.44. The van der Waals surface area contributed by atoms with Crippen molar-refractivity contribution in [3.8, 4) is 0 Å². The number of nitrogens with two attached hydrogens (primary N) is 1. The molecule has 1 aromatic carbocycles. The first-order valence-corrected chi connectivity index (χ1v) is 4.60. The number of rotatable bonds is 2. The summed E-state index contributed by atoms with van der Waals surface area (Å²) in [4.78, 5) is 14.4. The van der Waals surface area contributed by atoms with Crippen LogP contribution in [0.4, 0.5) is 0 Å². The van der Waals surface area contributed by atoms with Gasteiger partial charge in [0.25, 0.3) is 0 Å². The monoisotopic (exact) mass is 208 g/mol. The fourth-order valence-electron chi connectivity index (χ4n) is 1.46. The van der Waals surface area contributed by atoms with Crippen molar-refractivity contribution in [2.24, 2.45) is 5.73 Å². The Balaban J connectivity index is 2.71. The van der Waals surface area contributed by atoms with Gasteiger partial charge >= 0.3 is 0 Å². The number of Topliss-reactive ketones (excluding diaryl/α,β-unsaturated/α-hetero) is 1. The Morgan fingerprint density at radius 1 is 1.50 bits per heavy atom. The minimum atomic E-state index is -0.0888. The van der Waals surface area contributed by atoms with Gasteiger partial charge in [-0.05, 0) is 6.07 Å². The molecule has 0 bridgehead atoms. The van der Waals surface area contributed by atoms with Crippen molar-refractivity contribution in [3.63, 3.8) is 0 Å². The van der Waals surface area contributed by atoms with Gasteiger partial charge in [-0.25, -0.2) is 0 Å². The SMILES string of the molecule is NCC(=O)c1cccc2c(Cl)c[nH]c12. The van der Waals surface area contributed by atoms with Crippen LogP contribution in [0.1, 0.15) is 10.4 Å². The lowest BCUT2D eigenvalue weighted by molar-refractivity contribution is 0.100. The van der Waals surface area contributed by atoms with E-state index in [1.807, 2.05) is 6.07 Å². The number of carbonyl (C=O) groups excluding carboxylic acids is 1. The van der Waals surface area contributed by atoms with E-state index >= 15 is 0 Å². The number of benzene rings is 1. The fourth-order valence-corrected chi connectivity index (χ4v) is 1.67. The molecule has 0 saturated heterocycles. The molecule has 0 saturated carbocycles. The normalized spacial score (nSPS) is 10.7. The van der Waals surface area contributed by atoms with E-state index in [1.165, 1.54) is 0 Å². The predicted molar refractivity (Wildman–Crippen MR) is 56.7 cm³/mol. The average Bonchev–Trinajstić information content (AvgIpc) is 2.59. The second-order valence-corrected chi connectivity index (χ2v) is 3.40. The summed E-state index contributed by atoms with van der Waals surface area (Å²) in [5.74, 6) is -0.0888. The lowest BCUT2D eigenvalue weighted by Gasteiger charge is -1.99. The second-order valence-electron chi connectivity index (χ2n) is 2.99. The number of carbonyl (C=O) groups is 1. The summed E-state index contributed by atoms with van der Waals surface area (Å²) in [6.45, 7) is 0.00967. The molecule has 3 N–H and O–H groups in total. The molecule has 0 atom stereocenters. The lowest BCUT2D eigenvalue weighted by atomic mass is 10.1. The molecule has 14 heavy (non-hydrogen) atoms. The van der Waals surface area contributed by atoms with Crippen molar-refractivity contribution in [1.82, 2.24) is 4.98 Å². The summed E-state index contributed by atoms with van der Waals surface area (Å²) in [5.41, 5.74) is 6.66. The third kappa shape index (κ3) is 1.31. The maximum Gasteiger partial charge on any atom is 0.178 e. The number of ketones is 1. The van der Waals surface area contributed by atoms with Crippen molar-refractivity contribution in [2.75, 3.05) is 6.54 Å². The van der Waals surface area contributed by atoms with Crippen LogP contribution in [0, 0.1) is 0 Å². The maximum absolute atomic E-state index is 11.4. The first-order valence-electron chi connectivity index (χ1n) is 4.23. The zero-order valence-corrected chi connectivity index (χ0v) is 8.14. The van der Waals surface area contributed by atoms with Crippen LogP contribution in [0.2, 0.25) is 5.02 Å². The van der Waals surface area contributed by atoms with Gasteiger partial charge in [-0.15, -0.1) is 0 Å². The molecule has 3 nitrogen and oxygen atoms in total. The summed E-state index contributed by atoms with van der Waals surface area (Å²) >= 11 is 5.92. The van der Waals surface area contributed by atoms with E-state index in [4.69, 9.17) is 17.3 Å². The molecule has 0 aliphatic heterocycles. The number of para-hydroxylation sites is 1. The topological polar surface area (TPSA) is 58.9 Å². The largest absolute Gasteiger partial charge is 0.359 e. The highest BCUT2D eigenvalue weighted by Gasteiger charge is 2.10. The molecule has 0 fully saturated rings. The van der Waals surface area contributed by atoms with Crippen LogP contribution in [0.15, 0.2) is 24.4 Å². The quantitative estimate of drug-likeness (QED) is 0.742. The summed E-state index contributed by atoms with van der Waals surface area (Å²) in [5, 5.41) is 1.47. The first-order chi connectivity index (χ1) is 6.74. The van der Waals surface area contributed by atoms with Crippen molar-refractivity contribution in [3.05, 3.63) is 35.0 Å². The van der Waals surface area contributed by atoms with E-state index in [0.29, 0.717) is 10.6 Å². The lowest BCUT2D eigenvalue weighted by Crippen LogP contribution is -2.13. The van der Waals surface area contributed by atoms with Gasteiger partial charge in [0.05, 0.1) is 17.1 Å². The highest BCUT2D eigenvalue weighted by atomic mass is 35.5. The van der Waals surface area contributed by atoms with Gasteiger partial charge in [-0.2, -0.15) is 0 Å². The standard InChI is InChI=1S/C10H9ClN2O/c11-8-5-13-10-6(8)2-1-3-7(10)9(14)4-12/h1-3,5,13H,4,12H2. The Hall–Kier alpha value is -1.32. The third-order valence-electron chi connectivity index (χ3n) is 2.15. The Bertz CT molecular complexity index is 490. The van der Waals surface area contributed by atoms with Crippen LogP contribution in [-0.2, 0) is 0 Å². The maximum atomic E-state index is 11.4. The highest BCUT2D eigenvalue weighted by Crippen LogP contribution is 2.25. The van der Waals surface area contributed by atoms with Crippen molar-refractivity contribution >= 4 is 28.3 Å². The Morgan fingerprint density at radius 3 is 3.00 bits per heavy atom. The van der Waals surface area contributed by atoms with Gasteiger partial charge in [0.2, 0.25) is 0 Å². The average molecular weight is 209 g/mol. The Labute approximate surface area is 85.9 Å². The number of fused-ring (bicyclic) bond motifs is 1. The number of hydrogen-bond acceptors (Lipinski definition) is 2. The van der Waals surface area contributed by atoms with Crippen LogP contribution in [0.25, 0.3) is 10.9 Å². The molecule has 0 unspecified atom stereocenters. The minimum absolute atomic E-state index is 0.00967. The van der Waals surface area contributed by atoms with E-state index in [-0.39, 0.29) is 12.3 Å². The number of aromatic amines is 1. The molecule has 0 aliphatic carbocycles. The van der Waals surface area contributed by atoms with E-state index in [9.17, 15) is 4.79 Å². The van der Waals surface area contributed by atoms with Gasteiger partial charge in [0.15, 0.2) is 5.78 Å². The molecule has 2 rings (SSSR count). The smallest absolute Gasteiger partial charge is 0.178 e. The number of halogens is 1. The molecule has 0 radical (unpaired) electrons. The molecule has 4 heteroatoms. The van der Waals surface area contributed by atoms with Crippen LogP contribution >= 0.6 is 11.6 Å². The van der Waals surface area contributed by atoms with Crippen molar-refractivity contribution in [2.45, 2.75) is 0 Å². The van der Waals surface area contributed by atoms with Crippen molar-refractivity contribution in [1.29, 1.82) is 0 Å². The Kier molecular flexibility index (Phi) is 2.27.